The quantitative estimate of drug-likeness (QED) is 0.420. The van der Waals surface area contributed by atoms with E-state index in [9.17, 15) is 14.0 Å². The van der Waals surface area contributed by atoms with Gasteiger partial charge < -0.3 is 14.4 Å². The Morgan fingerprint density at radius 2 is 1.97 bits per heavy atom. The minimum absolute atomic E-state index is 0.173. The lowest BCUT2D eigenvalue weighted by molar-refractivity contribution is -0.148. The molecule has 33 heavy (non-hydrogen) atoms. The first-order valence-electron chi connectivity index (χ1n) is 10.8. The number of hydrogen-bond donors (Lipinski definition) is 0. The maximum Gasteiger partial charge on any atom is 0.359 e. The van der Waals surface area contributed by atoms with Crippen molar-refractivity contribution in [2.75, 3.05) is 18.6 Å². The van der Waals surface area contributed by atoms with Gasteiger partial charge in [0.2, 0.25) is 0 Å². The normalized spacial score (nSPS) is 18.1. The van der Waals surface area contributed by atoms with E-state index in [2.05, 4.69) is 9.72 Å². The molecule has 8 heteroatoms. The third-order valence-electron chi connectivity index (χ3n) is 5.32. The van der Waals surface area contributed by atoms with E-state index < -0.39 is 17.4 Å². The standard InChI is InChI=1S/C25H28ClFN2O4/c1-25(2,3)33-22(30)13-16-9-10-21(18-7-5-6-8-19(18)26)29(12-11-16)17-14-20(27)23(28-15-17)24(31)32-4/h5-8,13-15,21H,9-12H2,1-4H3. The number of benzene rings is 1. The average Bonchev–Trinajstić information content (AvgIpc) is 2.94. The molecule has 3 rings (SSSR count). The zero-order valence-corrected chi connectivity index (χ0v) is 20.0. The summed E-state index contributed by atoms with van der Waals surface area (Å²) in [5, 5.41) is 0.603. The molecule has 1 aliphatic heterocycles. The van der Waals surface area contributed by atoms with Gasteiger partial charge in [-0.25, -0.2) is 19.0 Å². The minimum atomic E-state index is -0.833. The number of ether oxygens (including phenoxy) is 2. The van der Waals surface area contributed by atoms with Crippen LogP contribution in [0.2, 0.25) is 5.02 Å². The number of carbonyl (C=O) groups excluding carboxylic acids is 2. The molecule has 1 atom stereocenters. The monoisotopic (exact) mass is 474 g/mol. The fraction of sp³-hybridized carbons (Fsp3) is 0.400. The smallest absolute Gasteiger partial charge is 0.359 e. The largest absolute Gasteiger partial charge is 0.464 e. The highest BCUT2D eigenvalue weighted by atomic mass is 35.5. The molecule has 1 aliphatic rings. The number of hydrogen-bond acceptors (Lipinski definition) is 6. The summed E-state index contributed by atoms with van der Waals surface area (Å²) in [4.78, 5) is 30.1. The number of nitrogens with zero attached hydrogens (tertiary/aromatic N) is 2. The van der Waals surface area contributed by atoms with Crippen molar-refractivity contribution in [1.82, 2.24) is 4.98 Å². The third kappa shape index (κ3) is 6.32. The SMILES string of the molecule is COC(=O)c1ncc(N2CCC(=CC(=O)OC(C)(C)C)CCC2c2ccccc2Cl)cc1F. The molecule has 0 bridgehead atoms. The summed E-state index contributed by atoms with van der Waals surface area (Å²) >= 11 is 6.51. The van der Waals surface area contributed by atoms with Crippen LogP contribution in [0.1, 0.15) is 62.1 Å². The summed E-state index contributed by atoms with van der Waals surface area (Å²) in [7, 11) is 1.18. The maximum atomic E-state index is 14.7. The summed E-state index contributed by atoms with van der Waals surface area (Å²) < 4.78 is 24.7. The molecule has 2 aromatic rings. The van der Waals surface area contributed by atoms with Crippen molar-refractivity contribution < 1.29 is 23.5 Å². The Labute approximate surface area is 198 Å². The van der Waals surface area contributed by atoms with Gasteiger partial charge in [-0.2, -0.15) is 0 Å². The fourth-order valence-corrected chi connectivity index (χ4v) is 4.14. The van der Waals surface area contributed by atoms with Gasteiger partial charge in [0.05, 0.1) is 25.0 Å². The average molecular weight is 475 g/mol. The summed E-state index contributed by atoms with van der Waals surface area (Å²) in [6, 6.07) is 8.62. The van der Waals surface area contributed by atoms with E-state index in [1.165, 1.54) is 19.4 Å². The highest BCUT2D eigenvalue weighted by Crippen LogP contribution is 2.38. The van der Waals surface area contributed by atoms with Crippen LogP contribution < -0.4 is 4.90 Å². The van der Waals surface area contributed by atoms with Crippen LogP contribution in [0.25, 0.3) is 0 Å². The van der Waals surface area contributed by atoms with Crippen molar-refractivity contribution in [3.8, 4) is 0 Å². The molecule has 1 fully saturated rings. The van der Waals surface area contributed by atoms with Gasteiger partial charge in [-0.3, -0.25) is 0 Å². The summed E-state index contributed by atoms with van der Waals surface area (Å²) in [5.74, 6) is -1.97. The molecule has 1 unspecified atom stereocenters. The molecule has 0 aliphatic carbocycles. The number of anilines is 1. The number of rotatable bonds is 4. The Hall–Kier alpha value is -2.93. The zero-order valence-electron chi connectivity index (χ0n) is 19.2. The number of methoxy groups -OCH3 is 1. The van der Waals surface area contributed by atoms with Crippen molar-refractivity contribution in [1.29, 1.82) is 0 Å². The molecule has 0 amide bonds. The molecular formula is C25H28ClFN2O4. The maximum absolute atomic E-state index is 14.7. The van der Waals surface area contributed by atoms with E-state index >= 15 is 0 Å². The van der Waals surface area contributed by atoms with Crippen LogP contribution in [-0.2, 0) is 14.3 Å². The van der Waals surface area contributed by atoms with Crippen LogP contribution in [0.4, 0.5) is 10.1 Å². The molecule has 1 aromatic heterocycles. The van der Waals surface area contributed by atoms with Crippen LogP contribution in [-0.4, -0.2) is 36.2 Å². The highest BCUT2D eigenvalue weighted by molar-refractivity contribution is 6.31. The molecule has 0 saturated carbocycles. The zero-order chi connectivity index (χ0) is 24.2. The van der Waals surface area contributed by atoms with E-state index in [1.807, 2.05) is 49.9 Å². The van der Waals surface area contributed by atoms with Gasteiger partial charge in [0.25, 0.3) is 0 Å². The number of pyridine rings is 1. The summed E-state index contributed by atoms with van der Waals surface area (Å²) in [6.07, 6.45) is 4.90. The van der Waals surface area contributed by atoms with Crippen LogP contribution in [0.15, 0.2) is 48.2 Å². The first-order chi connectivity index (χ1) is 15.6. The lowest BCUT2D eigenvalue weighted by atomic mass is 9.98. The van der Waals surface area contributed by atoms with Gasteiger partial charge in [0.15, 0.2) is 11.5 Å². The first-order valence-corrected chi connectivity index (χ1v) is 11.1. The van der Waals surface area contributed by atoms with E-state index in [0.29, 0.717) is 36.5 Å². The molecular weight excluding hydrogens is 447 g/mol. The lowest BCUT2D eigenvalue weighted by Gasteiger charge is -2.32. The predicted octanol–water partition coefficient (Wildman–Crippen LogP) is 5.66. The van der Waals surface area contributed by atoms with Crippen molar-refractivity contribution in [3.63, 3.8) is 0 Å². The fourth-order valence-electron chi connectivity index (χ4n) is 3.87. The molecule has 1 saturated heterocycles. The first kappa shape index (κ1) is 24.7. The Morgan fingerprint density at radius 1 is 1.24 bits per heavy atom. The topological polar surface area (TPSA) is 68.7 Å². The second-order valence-corrected chi connectivity index (χ2v) is 9.28. The Bertz CT molecular complexity index is 1060. The van der Waals surface area contributed by atoms with Gasteiger partial charge in [-0.15, -0.1) is 0 Å². The molecule has 6 nitrogen and oxygen atoms in total. The molecule has 0 spiro atoms. The Kier molecular flexibility index (Phi) is 7.74. The van der Waals surface area contributed by atoms with Crippen molar-refractivity contribution in [2.24, 2.45) is 0 Å². The predicted molar refractivity (Wildman–Crippen MR) is 125 cm³/mol. The van der Waals surface area contributed by atoms with E-state index in [0.717, 1.165) is 11.1 Å². The number of aromatic nitrogens is 1. The van der Waals surface area contributed by atoms with Gasteiger partial charge in [-0.1, -0.05) is 35.4 Å². The lowest BCUT2D eigenvalue weighted by Crippen LogP contribution is -2.29. The van der Waals surface area contributed by atoms with Crippen LogP contribution in [0.5, 0.6) is 0 Å². The number of carbonyl (C=O) groups is 2. The van der Waals surface area contributed by atoms with E-state index in [4.69, 9.17) is 16.3 Å². The third-order valence-corrected chi connectivity index (χ3v) is 5.66. The second-order valence-electron chi connectivity index (χ2n) is 8.87. The van der Waals surface area contributed by atoms with Crippen LogP contribution in [0.3, 0.4) is 0 Å². The van der Waals surface area contributed by atoms with Crippen LogP contribution in [0, 0.1) is 5.82 Å². The molecule has 176 valence electrons. The van der Waals surface area contributed by atoms with Crippen LogP contribution >= 0.6 is 11.6 Å². The van der Waals surface area contributed by atoms with E-state index in [-0.39, 0.29) is 17.7 Å². The number of halogens is 2. The molecule has 1 aromatic carbocycles. The minimum Gasteiger partial charge on any atom is -0.464 e. The highest BCUT2D eigenvalue weighted by Gasteiger charge is 2.28. The second kappa shape index (κ2) is 10.3. The molecule has 0 N–H and O–H groups in total. The van der Waals surface area contributed by atoms with Crippen molar-refractivity contribution >= 4 is 29.2 Å². The van der Waals surface area contributed by atoms with Gasteiger partial charge in [-0.05, 0) is 51.7 Å². The van der Waals surface area contributed by atoms with Crippen molar-refractivity contribution in [2.45, 2.75) is 51.7 Å². The molecule has 0 radical (unpaired) electrons. The Balaban J connectivity index is 1.95. The Morgan fingerprint density at radius 3 is 2.61 bits per heavy atom. The van der Waals surface area contributed by atoms with Gasteiger partial charge in [0, 0.05) is 23.7 Å². The van der Waals surface area contributed by atoms with Crippen molar-refractivity contribution in [3.05, 3.63) is 70.3 Å². The van der Waals surface area contributed by atoms with Gasteiger partial charge in [0.1, 0.15) is 5.60 Å². The molecule has 2 heterocycles. The van der Waals surface area contributed by atoms with E-state index in [1.54, 1.807) is 6.08 Å². The van der Waals surface area contributed by atoms with Gasteiger partial charge >= 0.3 is 11.9 Å². The summed E-state index contributed by atoms with van der Waals surface area (Å²) in [5.41, 5.74) is 1.42. The summed E-state index contributed by atoms with van der Waals surface area (Å²) in [6.45, 7) is 5.98. The number of esters is 2.